The van der Waals surface area contributed by atoms with Gasteiger partial charge in [-0.2, -0.15) is 57.1 Å². The van der Waals surface area contributed by atoms with Gasteiger partial charge in [-0.3, -0.25) is 4.74 Å². The molecule has 0 bridgehead atoms. The number of halogens is 14. The summed E-state index contributed by atoms with van der Waals surface area (Å²) in [6.45, 7) is 4.09. The first kappa shape index (κ1) is 32.2. The van der Waals surface area contributed by atoms with Crippen LogP contribution in [0.1, 0.15) is 12.5 Å². The van der Waals surface area contributed by atoms with E-state index in [9.17, 15) is 66.3 Å². The molecule has 0 aromatic heterocycles. The summed E-state index contributed by atoms with van der Waals surface area (Å²) in [6.07, 6.45) is -32.8. The van der Waals surface area contributed by atoms with E-state index in [0.717, 1.165) is 12.1 Å². The molecule has 2 atom stereocenters. The van der Waals surface area contributed by atoms with Crippen molar-refractivity contribution in [2.45, 2.75) is 56.4 Å². The van der Waals surface area contributed by atoms with E-state index in [4.69, 9.17) is 0 Å². The maximum absolute atomic E-state index is 13.9. The van der Waals surface area contributed by atoms with Crippen molar-refractivity contribution in [3.05, 3.63) is 42.0 Å². The highest BCUT2D eigenvalue weighted by molar-refractivity contribution is 5.86. The Bertz CT molecular complexity index is 957. The van der Waals surface area contributed by atoms with Gasteiger partial charge in [-0.1, -0.05) is 18.7 Å². The molecular formula is C18H12F14O5. The topological polar surface area (TPSA) is 54.0 Å². The molecule has 37 heavy (non-hydrogen) atoms. The fraction of sp³-hybridized carbons (Fsp3) is 0.500. The van der Waals surface area contributed by atoms with E-state index in [0.29, 0.717) is 12.1 Å². The molecule has 0 amide bonds. The van der Waals surface area contributed by atoms with Gasteiger partial charge in [-0.25, -0.2) is 13.9 Å². The quantitative estimate of drug-likeness (QED) is 0.129. The van der Waals surface area contributed by atoms with Gasteiger partial charge in [-0.05, 0) is 24.6 Å². The minimum atomic E-state index is -7.52. The maximum Gasteiger partial charge on any atom is 0.478 e. The van der Waals surface area contributed by atoms with E-state index >= 15 is 0 Å². The molecule has 0 saturated heterocycles. The predicted molar refractivity (Wildman–Crippen MR) is 89.5 cm³/mol. The average Bonchev–Trinajstić information content (AvgIpc) is 2.70. The number of hydrogen-bond acceptors (Lipinski definition) is 5. The number of esters is 1. The van der Waals surface area contributed by atoms with E-state index in [2.05, 4.69) is 20.8 Å². The van der Waals surface area contributed by atoms with Gasteiger partial charge in [-0.15, -0.1) is 0 Å². The summed E-state index contributed by atoms with van der Waals surface area (Å²) in [4.78, 5) is 11.3. The van der Waals surface area contributed by atoms with Crippen molar-refractivity contribution in [1.82, 2.24) is 0 Å². The van der Waals surface area contributed by atoms with Gasteiger partial charge in [0, 0.05) is 5.57 Å². The molecule has 19 heteroatoms. The van der Waals surface area contributed by atoms with Crippen LogP contribution in [0, 0.1) is 0 Å². The lowest BCUT2D eigenvalue weighted by molar-refractivity contribution is -0.549. The van der Waals surface area contributed by atoms with Crippen molar-refractivity contribution in [1.29, 1.82) is 0 Å². The minimum Gasteiger partial charge on any atom is -0.457 e. The molecule has 1 rings (SSSR count). The highest BCUT2D eigenvalue weighted by atomic mass is 19.4. The van der Waals surface area contributed by atoms with E-state index in [1.165, 1.54) is 6.92 Å². The Morgan fingerprint density at radius 3 is 1.76 bits per heavy atom. The van der Waals surface area contributed by atoms with Crippen molar-refractivity contribution in [3.8, 4) is 5.75 Å². The molecule has 0 aliphatic rings. The number of rotatable bonds is 11. The number of ether oxygens (including phenoxy) is 4. The normalized spacial score (nSPS) is 16.1. The zero-order valence-corrected chi connectivity index (χ0v) is 17.6. The summed E-state index contributed by atoms with van der Waals surface area (Å²) in [6, 6.07) is -4.03. The summed E-state index contributed by atoms with van der Waals surface area (Å²) in [5.74, 6) is -9.47. The maximum atomic E-state index is 13.9. The number of carbonyl (C=O) groups is 1. The summed E-state index contributed by atoms with van der Waals surface area (Å²) >= 11 is 0. The number of carbonyl (C=O) groups excluding carboxylic acids is 1. The average molecular weight is 574 g/mol. The van der Waals surface area contributed by atoms with Crippen molar-refractivity contribution >= 4 is 5.97 Å². The van der Waals surface area contributed by atoms with Gasteiger partial charge >= 0.3 is 48.9 Å². The van der Waals surface area contributed by atoms with Gasteiger partial charge in [0.15, 0.2) is 0 Å². The molecule has 0 saturated carbocycles. The lowest BCUT2D eigenvalue weighted by atomic mass is 10.2. The molecule has 0 heterocycles. The van der Waals surface area contributed by atoms with Gasteiger partial charge < -0.3 is 9.47 Å². The standard InChI is InChI=1S/C18H12F14O5/c1-8(2)11(33)34-7-9-3-5-10(6-4-9)35-13(20,21)12(19)36-18(32,16(27,28)29)37-17(30,31)14(22,23)15(24,25)26/h3-6,12H,1,7H2,2H3. The monoisotopic (exact) mass is 574 g/mol. The molecule has 1 aromatic rings. The molecule has 2 unspecified atom stereocenters. The van der Waals surface area contributed by atoms with Crippen LogP contribution < -0.4 is 4.74 Å². The summed E-state index contributed by atoms with van der Waals surface area (Å²) in [5.41, 5.74) is 0.0691. The van der Waals surface area contributed by atoms with E-state index in [1.54, 1.807) is 4.74 Å². The highest BCUT2D eigenvalue weighted by Gasteiger charge is 2.79. The second kappa shape index (κ2) is 10.5. The molecule has 0 fully saturated rings. The smallest absolute Gasteiger partial charge is 0.457 e. The lowest BCUT2D eigenvalue weighted by Gasteiger charge is -2.35. The first-order valence-electron chi connectivity index (χ1n) is 8.95. The third kappa shape index (κ3) is 7.59. The molecule has 0 radical (unpaired) electrons. The number of benzene rings is 1. The molecule has 5 nitrogen and oxygen atoms in total. The first-order chi connectivity index (χ1) is 16.4. The Hall–Kier alpha value is -2.83. The Morgan fingerprint density at radius 2 is 1.35 bits per heavy atom. The third-order valence-corrected chi connectivity index (χ3v) is 3.73. The van der Waals surface area contributed by atoms with Crippen LogP contribution in [-0.2, 0) is 25.6 Å². The Balaban J connectivity index is 3.08. The third-order valence-electron chi connectivity index (χ3n) is 3.73. The van der Waals surface area contributed by atoms with Crippen LogP contribution in [0.3, 0.4) is 0 Å². The fourth-order valence-electron chi connectivity index (χ4n) is 1.87. The SMILES string of the molecule is C=C(C)C(=O)OCc1ccc(OC(F)(F)C(F)OC(F)(OC(F)(F)C(F)(F)C(F)(F)F)C(F)(F)F)cc1. The van der Waals surface area contributed by atoms with Crippen molar-refractivity contribution in [2.24, 2.45) is 0 Å². The van der Waals surface area contributed by atoms with Gasteiger partial charge in [0.05, 0.1) is 0 Å². The summed E-state index contributed by atoms with van der Waals surface area (Å²) in [7, 11) is 0. The minimum absolute atomic E-state index is 0.0137. The summed E-state index contributed by atoms with van der Waals surface area (Å²) in [5, 5.41) is 0. The van der Waals surface area contributed by atoms with Crippen LogP contribution in [-0.4, -0.2) is 48.9 Å². The van der Waals surface area contributed by atoms with Crippen LogP contribution in [0.4, 0.5) is 61.5 Å². The van der Waals surface area contributed by atoms with Crippen LogP contribution in [0.5, 0.6) is 5.75 Å². The lowest BCUT2D eigenvalue weighted by Crippen LogP contribution is -2.61. The second-order valence-electron chi connectivity index (χ2n) is 6.82. The molecule has 0 aliphatic heterocycles. The summed E-state index contributed by atoms with van der Waals surface area (Å²) < 4.78 is 194. The molecule has 0 spiro atoms. The largest absolute Gasteiger partial charge is 0.478 e. The molecule has 0 N–H and O–H groups in total. The molecule has 0 aliphatic carbocycles. The van der Waals surface area contributed by atoms with Crippen LogP contribution in [0.2, 0.25) is 0 Å². The van der Waals surface area contributed by atoms with E-state index in [1.807, 2.05) is 0 Å². The van der Waals surface area contributed by atoms with Crippen molar-refractivity contribution in [2.75, 3.05) is 0 Å². The van der Waals surface area contributed by atoms with Crippen LogP contribution in [0.25, 0.3) is 0 Å². The Morgan fingerprint density at radius 1 is 0.865 bits per heavy atom. The number of alkyl halides is 14. The van der Waals surface area contributed by atoms with Crippen LogP contribution in [0.15, 0.2) is 36.4 Å². The highest BCUT2D eigenvalue weighted by Crippen LogP contribution is 2.52. The predicted octanol–water partition coefficient (Wildman–Crippen LogP) is 6.58. The van der Waals surface area contributed by atoms with Crippen LogP contribution >= 0.6 is 0 Å². The van der Waals surface area contributed by atoms with Gasteiger partial charge in [0.25, 0.3) is 0 Å². The Labute approximate surface area is 196 Å². The van der Waals surface area contributed by atoms with Gasteiger partial charge in [0.2, 0.25) is 0 Å². The first-order valence-corrected chi connectivity index (χ1v) is 8.95. The van der Waals surface area contributed by atoms with Gasteiger partial charge in [0.1, 0.15) is 12.4 Å². The Kier molecular flexibility index (Phi) is 9.14. The second-order valence-corrected chi connectivity index (χ2v) is 6.82. The molecule has 212 valence electrons. The van der Waals surface area contributed by atoms with Crippen molar-refractivity contribution in [3.63, 3.8) is 0 Å². The zero-order chi connectivity index (χ0) is 29.3. The van der Waals surface area contributed by atoms with E-state index in [-0.39, 0.29) is 11.1 Å². The van der Waals surface area contributed by atoms with Crippen molar-refractivity contribution < 1.29 is 85.2 Å². The molecular weight excluding hydrogens is 562 g/mol. The molecule has 1 aromatic carbocycles. The van der Waals surface area contributed by atoms with E-state index < -0.39 is 61.2 Å². The fourth-order valence-corrected chi connectivity index (χ4v) is 1.87. The number of hydrogen-bond donors (Lipinski definition) is 0. The zero-order valence-electron chi connectivity index (χ0n) is 17.6.